The smallest absolute Gasteiger partial charge is 0.180 e. The van der Waals surface area contributed by atoms with Crippen LogP contribution in [0.2, 0.25) is 5.02 Å². The highest BCUT2D eigenvalue weighted by molar-refractivity contribution is 7.91. The Kier molecular flexibility index (Phi) is 3.52. The van der Waals surface area contributed by atoms with E-state index in [1.54, 1.807) is 24.3 Å². The Morgan fingerprint density at radius 3 is 2.75 bits per heavy atom. The largest absolute Gasteiger partial charge is 0.316 e. The highest BCUT2D eigenvalue weighted by Crippen LogP contribution is 2.24. The normalized spacial score (nSPS) is 21.2. The quantitative estimate of drug-likeness (QED) is 0.899. The van der Waals surface area contributed by atoms with Gasteiger partial charge in [0.15, 0.2) is 9.84 Å². The molecule has 0 amide bonds. The van der Waals surface area contributed by atoms with E-state index in [9.17, 15) is 8.42 Å². The molecule has 0 spiro atoms. The van der Waals surface area contributed by atoms with Crippen LogP contribution >= 0.6 is 11.6 Å². The van der Waals surface area contributed by atoms with Crippen molar-refractivity contribution in [2.24, 2.45) is 5.92 Å². The van der Waals surface area contributed by atoms with E-state index < -0.39 is 9.84 Å². The Morgan fingerprint density at radius 1 is 1.38 bits per heavy atom. The van der Waals surface area contributed by atoms with Crippen molar-refractivity contribution >= 4 is 21.4 Å². The summed E-state index contributed by atoms with van der Waals surface area (Å²) in [7, 11) is -3.25. The molecule has 1 aliphatic rings. The van der Waals surface area contributed by atoms with E-state index in [1.807, 2.05) is 0 Å². The van der Waals surface area contributed by atoms with E-state index in [-0.39, 0.29) is 16.6 Å². The van der Waals surface area contributed by atoms with Gasteiger partial charge in [0.2, 0.25) is 0 Å². The molecule has 1 aliphatic heterocycles. The van der Waals surface area contributed by atoms with E-state index >= 15 is 0 Å². The maximum absolute atomic E-state index is 12.1. The first kappa shape index (κ1) is 11.9. The molecule has 16 heavy (non-hydrogen) atoms. The lowest BCUT2D eigenvalue weighted by atomic mass is 10.2. The number of benzene rings is 1. The fourth-order valence-electron chi connectivity index (χ4n) is 1.95. The van der Waals surface area contributed by atoms with Gasteiger partial charge in [-0.05, 0) is 37.6 Å². The van der Waals surface area contributed by atoms with Crippen molar-refractivity contribution in [3.63, 3.8) is 0 Å². The minimum atomic E-state index is -3.25. The summed E-state index contributed by atoms with van der Waals surface area (Å²) < 4.78 is 24.2. The number of rotatable bonds is 3. The van der Waals surface area contributed by atoms with Crippen molar-refractivity contribution < 1.29 is 8.42 Å². The Morgan fingerprint density at radius 2 is 2.12 bits per heavy atom. The van der Waals surface area contributed by atoms with Gasteiger partial charge in [0.05, 0.1) is 15.7 Å². The van der Waals surface area contributed by atoms with E-state index in [4.69, 9.17) is 11.6 Å². The second kappa shape index (κ2) is 4.73. The molecule has 1 N–H and O–H groups in total. The van der Waals surface area contributed by atoms with Gasteiger partial charge in [-0.2, -0.15) is 0 Å². The Balaban J connectivity index is 2.21. The Labute approximate surface area is 101 Å². The van der Waals surface area contributed by atoms with E-state index in [0.29, 0.717) is 5.02 Å². The minimum Gasteiger partial charge on any atom is -0.316 e. The third-order valence-corrected chi connectivity index (χ3v) is 5.17. The molecule has 1 atom stereocenters. The molecule has 88 valence electrons. The summed E-state index contributed by atoms with van der Waals surface area (Å²) in [6.45, 7) is 1.69. The van der Waals surface area contributed by atoms with Crippen LogP contribution in [-0.2, 0) is 9.84 Å². The number of hydrogen-bond acceptors (Lipinski definition) is 3. The summed E-state index contributed by atoms with van der Waals surface area (Å²) in [6.07, 6.45) is 0.920. The molecule has 1 aromatic carbocycles. The van der Waals surface area contributed by atoms with Crippen LogP contribution in [0.4, 0.5) is 0 Å². The molecule has 5 heteroatoms. The van der Waals surface area contributed by atoms with Crippen LogP contribution in [-0.4, -0.2) is 27.3 Å². The molecule has 1 fully saturated rings. The number of hydrogen-bond donors (Lipinski definition) is 1. The highest BCUT2D eigenvalue weighted by atomic mass is 35.5. The van der Waals surface area contributed by atoms with Crippen LogP contribution in [0.1, 0.15) is 6.42 Å². The van der Waals surface area contributed by atoms with Gasteiger partial charge in [-0.1, -0.05) is 23.7 Å². The molecule has 0 aromatic heterocycles. The predicted molar refractivity (Wildman–Crippen MR) is 64.5 cm³/mol. The number of nitrogens with one attached hydrogen (secondary N) is 1. The van der Waals surface area contributed by atoms with Gasteiger partial charge >= 0.3 is 0 Å². The second-order valence-corrected chi connectivity index (χ2v) is 6.48. The second-order valence-electron chi connectivity index (χ2n) is 4.07. The van der Waals surface area contributed by atoms with Crippen LogP contribution in [0.25, 0.3) is 0 Å². The zero-order valence-electron chi connectivity index (χ0n) is 8.82. The molecule has 0 saturated carbocycles. The van der Waals surface area contributed by atoms with Crippen molar-refractivity contribution in [2.75, 3.05) is 18.8 Å². The summed E-state index contributed by atoms with van der Waals surface area (Å²) >= 11 is 5.90. The number of sulfone groups is 1. The van der Waals surface area contributed by atoms with E-state index in [1.165, 1.54) is 0 Å². The van der Waals surface area contributed by atoms with Crippen LogP contribution in [0.15, 0.2) is 29.2 Å². The molecular formula is C11H14ClNO2S. The summed E-state index contributed by atoms with van der Waals surface area (Å²) in [5.41, 5.74) is 0. The molecule has 1 saturated heterocycles. The van der Waals surface area contributed by atoms with Crippen molar-refractivity contribution in [2.45, 2.75) is 11.3 Å². The minimum absolute atomic E-state index is 0.184. The fourth-order valence-corrected chi connectivity index (χ4v) is 4.18. The summed E-state index contributed by atoms with van der Waals surface area (Å²) in [5, 5.41) is 3.48. The molecule has 0 radical (unpaired) electrons. The standard InChI is InChI=1S/C11H14ClNO2S/c12-10-3-1-2-4-11(10)16(14,15)8-9-5-6-13-7-9/h1-4,9,13H,5-8H2. The van der Waals surface area contributed by atoms with Crippen LogP contribution in [0.5, 0.6) is 0 Å². The molecule has 1 aromatic rings. The van der Waals surface area contributed by atoms with Gasteiger partial charge in [0, 0.05) is 0 Å². The first-order valence-corrected chi connectivity index (χ1v) is 7.30. The van der Waals surface area contributed by atoms with Gasteiger partial charge < -0.3 is 5.32 Å². The first-order chi connectivity index (χ1) is 7.59. The summed E-state index contributed by atoms with van der Waals surface area (Å²) in [4.78, 5) is 0.253. The van der Waals surface area contributed by atoms with Crippen LogP contribution in [0.3, 0.4) is 0 Å². The SMILES string of the molecule is O=S(=O)(CC1CCNC1)c1ccccc1Cl. The third kappa shape index (κ3) is 2.56. The molecule has 3 nitrogen and oxygen atoms in total. The Bertz CT molecular complexity index is 467. The maximum atomic E-state index is 12.1. The lowest BCUT2D eigenvalue weighted by Gasteiger charge is -2.10. The number of halogens is 1. The van der Waals surface area contributed by atoms with Crippen LogP contribution in [0, 0.1) is 5.92 Å². The summed E-state index contributed by atoms with van der Waals surface area (Å²) in [5.74, 6) is 0.394. The average molecular weight is 260 g/mol. The monoisotopic (exact) mass is 259 g/mol. The highest BCUT2D eigenvalue weighted by Gasteiger charge is 2.25. The Hall–Kier alpha value is -0.580. The summed E-state index contributed by atoms with van der Waals surface area (Å²) in [6, 6.07) is 6.62. The molecule has 1 heterocycles. The molecule has 2 rings (SSSR count). The third-order valence-electron chi connectivity index (χ3n) is 2.79. The van der Waals surface area contributed by atoms with Gasteiger partial charge in [-0.15, -0.1) is 0 Å². The lowest BCUT2D eigenvalue weighted by Crippen LogP contribution is -2.19. The predicted octanol–water partition coefficient (Wildman–Crippen LogP) is 1.72. The van der Waals surface area contributed by atoms with Crippen molar-refractivity contribution in [1.82, 2.24) is 5.32 Å². The van der Waals surface area contributed by atoms with E-state index in [2.05, 4.69) is 5.32 Å². The van der Waals surface area contributed by atoms with Crippen LogP contribution < -0.4 is 5.32 Å². The van der Waals surface area contributed by atoms with Gasteiger partial charge in [-0.3, -0.25) is 0 Å². The molecule has 0 aliphatic carbocycles. The first-order valence-electron chi connectivity index (χ1n) is 5.27. The fraction of sp³-hybridized carbons (Fsp3) is 0.455. The van der Waals surface area contributed by atoms with Crippen molar-refractivity contribution in [3.05, 3.63) is 29.3 Å². The topological polar surface area (TPSA) is 46.2 Å². The van der Waals surface area contributed by atoms with Crippen molar-refractivity contribution in [3.8, 4) is 0 Å². The zero-order valence-corrected chi connectivity index (χ0v) is 10.4. The molecule has 1 unspecified atom stereocenters. The van der Waals surface area contributed by atoms with Gasteiger partial charge in [-0.25, -0.2) is 8.42 Å². The van der Waals surface area contributed by atoms with Gasteiger partial charge in [0.25, 0.3) is 0 Å². The lowest BCUT2D eigenvalue weighted by molar-refractivity contribution is 0.570. The zero-order chi connectivity index (χ0) is 11.6. The van der Waals surface area contributed by atoms with E-state index in [0.717, 1.165) is 19.5 Å². The molecular weight excluding hydrogens is 246 g/mol. The maximum Gasteiger partial charge on any atom is 0.180 e. The van der Waals surface area contributed by atoms with Crippen molar-refractivity contribution in [1.29, 1.82) is 0 Å². The van der Waals surface area contributed by atoms with Gasteiger partial charge in [0.1, 0.15) is 0 Å². The average Bonchev–Trinajstić information content (AvgIpc) is 2.70. The molecule has 0 bridgehead atoms.